The standard InChI is InChI=1S/C22H44N6O10/c1-9(28-21(33)22(34)7-26-27-8-22)18(38-20-17(32)14(25)16(31)13(6-29)37-20)15(30)10(2)35-19-12(24)4-3-11(5-23)36-19/h9-20,26-27,29-32,34H,3-8,23-25H2,1-2H3,(H,28,33)/t9-,10?,11+,12?,13?,14+,15?,16?,17?,18?,19+,20-/m1/s1. The molecule has 3 heterocycles. The molecule has 16 heteroatoms. The lowest BCUT2D eigenvalue weighted by Crippen LogP contribution is -2.65. The van der Waals surface area contributed by atoms with Gasteiger partial charge in [0.15, 0.2) is 18.2 Å². The SMILES string of the molecule is CC(O[C@H]1O[C@H](CN)CCC1N)C(O)C(O[C@H]1OC(CO)C(O)[C@H](N)C1O)[C@@H](C)NC(=O)C1(O)CNNC1. The van der Waals surface area contributed by atoms with Gasteiger partial charge in [-0.1, -0.05) is 0 Å². The van der Waals surface area contributed by atoms with Crippen LogP contribution in [0.15, 0.2) is 0 Å². The van der Waals surface area contributed by atoms with Gasteiger partial charge in [-0.3, -0.25) is 15.6 Å². The van der Waals surface area contributed by atoms with Crippen LogP contribution in [0.5, 0.6) is 0 Å². The zero-order chi connectivity index (χ0) is 28.2. The molecule has 0 aromatic rings. The molecule has 0 bridgehead atoms. The maximum Gasteiger partial charge on any atom is 0.255 e. The van der Waals surface area contributed by atoms with E-state index in [2.05, 4.69) is 16.2 Å². The molecule has 3 fully saturated rings. The molecular weight excluding hydrogens is 508 g/mol. The fraction of sp³-hybridized carbons (Fsp3) is 0.955. The van der Waals surface area contributed by atoms with E-state index in [1.165, 1.54) is 6.92 Å². The van der Waals surface area contributed by atoms with E-state index in [0.29, 0.717) is 12.8 Å². The van der Waals surface area contributed by atoms with E-state index in [9.17, 15) is 30.3 Å². The number of hydrogen-bond donors (Lipinski definition) is 11. The number of ether oxygens (including phenoxy) is 4. The predicted octanol–water partition coefficient (Wildman–Crippen LogP) is -5.96. The van der Waals surface area contributed by atoms with Crippen molar-refractivity contribution < 1.29 is 49.3 Å². The number of carbonyl (C=O) groups excluding carboxylic acids is 1. The summed E-state index contributed by atoms with van der Waals surface area (Å²) in [5.41, 5.74) is 21.4. The Morgan fingerprint density at radius 2 is 1.76 bits per heavy atom. The second-order valence-electron chi connectivity index (χ2n) is 10.3. The molecule has 12 atom stereocenters. The van der Waals surface area contributed by atoms with Gasteiger partial charge in [-0.25, -0.2) is 0 Å². The first-order chi connectivity index (χ1) is 17.9. The van der Waals surface area contributed by atoms with Crippen molar-refractivity contribution >= 4 is 5.91 Å². The van der Waals surface area contributed by atoms with Crippen molar-refractivity contribution in [3.8, 4) is 0 Å². The van der Waals surface area contributed by atoms with Crippen LogP contribution in [0.3, 0.4) is 0 Å². The van der Waals surface area contributed by atoms with Crippen molar-refractivity contribution in [2.24, 2.45) is 17.2 Å². The summed E-state index contributed by atoms with van der Waals surface area (Å²) in [5, 5.41) is 54.8. The number of rotatable bonds is 11. The van der Waals surface area contributed by atoms with Crippen LogP contribution in [-0.4, -0.2) is 137 Å². The van der Waals surface area contributed by atoms with Crippen LogP contribution >= 0.6 is 0 Å². The van der Waals surface area contributed by atoms with Crippen molar-refractivity contribution in [3.63, 3.8) is 0 Å². The normalized spacial score (nSPS) is 38.8. The summed E-state index contributed by atoms with van der Waals surface area (Å²) in [6, 6.07) is -2.65. The summed E-state index contributed by atoms with van der Waals surface area (Å²) in [6.45, 7) is 2.66. The number of carbonyl (C=O) groups is 1. The lowest BCUT2D eigenvalue weighted by molar-refractivity contribution is -0.306. The number of β-amino-alcohol motifs (C(OH)–C–C–N with tert-alkyl or cyclic N) is 1. The van der Waals surface area contributed by atoms with Gasteiger partial charge >= 0.3 is 0 Å². The Labute approximate surface area is 221 Å². The molecule has 16 nitrogen and oxygen atoms in total. The molecular formula is C22H44N6O10. The Morgan fingerprint density at radius 3 is 2.37 bits per heavy atom. The second-order valence-corrected chi connectivity index (χ2v) is 10.3. The number of hydrazine groups is 1. The minimum absolute atomic E-state index is 0.0479. The van der Waals surface area contributed by atoms with E-state index in [0.717, 1.165) is 0 Å². The van der Waals surface area contributed by atoms with Crippen LogP contribution in [0.4, 0.5) is 0 Å². The van der Waals surface area contributed by atoms with Crippen LogP contribution < -0.4 is 33.4 Å². The minimum Gasteiger partial charge on any atom is -0.394 e. The number of nitrogens with one attached hydrogen (secondary N) is 3. The molecule has 0 radical (unpaired) electrons. The molecule has 3 rings (SSSR count). The van der Waals surface area contributed by atoms with E-state index in [-0.39, 0.29) is 25.7 Å². The maximum atomic E-state index is 12.8. The smallest absolute Gasteiger partial charge is 0.255 e. The molecule has 7 unspecified atom stereocenters. The lowest BCUT2D eigenvalue weighted by Gasteiger charge is -2.44. The average molecular weight is 553 g/mol. The van der Waals surface area contributed by atoms with Crippen LogP contribution in [0, 0.1) is 0 Å². The highest BCUT2D eigenvalue weighted by atomic mass is 16.7. The zero-order valence-electron chi connectivity index (χ0n) is 21.7. The zero-order valence-corrected chi connectivity index (χ0v) is 21.7. The Morgan fingerprint density at radius 1 is 1.11 bits per heavy atom. The molecule has 222 valence electrons. The van der Waals surface area contributed by atoms with Crippen molar-refractivity contribution in [1.29, 1.82) is 0 Å². The number of amides is 1. The Hall–Kier alpha value is -1.09. The molecule has 3 aliphatic heterocycles. The van der Waals surface area contributed by atoms with Crippen molar-refractivity contribution in [2.75, 3.05) is 26.2 Å². The summed E-state index contributed by atoms with van der Waals surface area (Å²) in [7, 11) is 0. The Bertz CT molecular complexity index is 762. The van der Waals surface area contributed by atoms with Gasteiger partial charge < -0.3 is 67.0 Å². The van der Waals surface area contributed by atoms with Gasteiger partial charge in [-0.05, 0) is 26.7 Å². The molecule has 0 aromatic carbocycles. The van der Waals surface area contributed by atoms with E-state index < -0.39 is 85.4 Å². The van der Waals surface area contributed by atoms with Gasteiger partial charge in [-0.15, -0.1) is 0 Å². The highest BCUT2D eigenvalue weighted by Gasteiger charge is 2.47. The highest BCUT2D eigenvalue weighted by Crippen LogP contribution is 2.26. The van der Waals surface area contributed by atoms with E-state index >= 15 is 0 Å². The van der Waals surface area contributed by atoms with E-state index in [1.807, 2.05) is 0 Å². The quantitative estimate of drug-likeness (QED) is 0.114. The number of nitrogens with two attached hydrogens (primary N) is 3. The summed E-state index contributed by atoms with van der Waals surface area (Å²) >= 11 is 0. The minimum atomic E-state index is -1.75. The molecule has 0 aliphatic carbocycles. The first kappa shape index (κ1) is 31.4. The third-order valence-electron chi connectivity index (χ3n) is 7.32. The van der Waals surface area contributed by atoms with E-state index in [1.54, 1.807) is 6.92 Å². The molecule has 0 aromatic heterocycles. The van der Waals surface area contributed by atoms with Crippen molar-refractivity contribution in [3.05, 3.63) is 0 Å². The third-order valence-corrected chi connectivity index (χ3v) is 7.32. The van der Waals surface area contributed by atoms with Crippen LogP contribution in [0.2, 0.25) is 0 Å². The summed E-state index contributed by atoms with van der Waals surface area (Å²) in [6.07, 6.45) is -9.06. The second kappa shape index (κ2) is 13.5. The number of aliphatic hydroxyl groups is 5. The molecule has 0 spiro atoms. The molecule has 0 saturated carbocycles. The fourth-order valence-electron chi connectivity index (χ4n) is 4.68. The molecule has 1 amide bonds. The van der Waals surface area contributed by atoms with Crippen molar-refractivity contribution in [1.82, 2.24) is 16.2 Å². The Kier molecular flexibility index (Phi) is 11.2. The van der Waals surface area contributed by atoms with Gasteiger partial charge in [0.25, 0.3) is 5.91 Å². The highest BCUT2D eigenvalue weighted by molar-refractivity contribution is 5.86. The predicted molar refractivity (Wildman–Crippen MR) is 131 cm³/mol. The fourth-order valence-corrected chi connectivity index (χ4v) is 4.68. The first-order valence-electron chi connectivity index (χ1n) is 12.9. The molecule has 38 heavy (non-hydrogen) atoms. The summed E-state index contributed by atoms with van der Waals surface area (Å²) < 4.78 is 23.2. The Balaban J connectivity index is 1.77. The van der Waals surface area contributed by atoms with E-state index in [4.69, 9.17) is 36.1 Å². The number of aliphatic hydroxyl groups excluding tert-OH is 4. The molecule has 14 N–H and O–H groups in total. The van der Waals surface area contributed by atoms with Gasteiger partial charge in [0, 0.05) is 19.6 Å². The van der Waals surface area contributed by atoms with Crippen LogP contribution in [-0.2, 0) is 23.7 Å². The topological polar surface area (TPSA) is 269 Å². The molecule has 3 aliphatic rings. The maximum absolute atomic E-state index is 12.8. The number of hydrogen-bond acceptors (Lipinski definition) is 15. The summed E-state index contributed by atoms with van der Waals surface area (Å²) in [5.74, 6) is -0.731. The van der Waals surface area contributed by atoms with Crippen molar-refractivity contribution in [2.45, 2.75) is 106 Å². The molecule has 3 saturated heterocycles. The average Bonchev–Trinajstić information content (AvgIpc) is 3.35. The van der Waals surface area contributed by atoms with Gasteiger partial charge in [-0.2, -0.15) is 0 Å². The van der Waals surface area contributed by atoms with Gasteiger partial charge in [0.2, 0.25) is 0 Å². The van der Waals surface area contributed by atoms with Crippen LogP contribution in [0.1, 0.15) is 26.7 Å². The van der Waals surface area contributed by atoms with Crippen LogP contribution in [0.25, 0.3) is 0 Å². The van der Waals surface area contributed by atoms with Gasteiger partial charge in [0.05, 0.1) is 36.9 Å². The first-order valence-corrected chi connectivity index (χ1v) is 12.9. The lowest BCUT2D eigenvalue weighted by atomic mass is 9.96. The monoisotopic (exact) mass is 552 g/mol. The summed E-state index contributed by atoms with van der Waals surface area (Å²) in [4.78, 5) is 12.8. The largest absolute Gasteiger partial charge is 0.394 e. The van der Waals surface area contributed by atoms with Gasteiger partial charge in [0.1, 0.15) is 30.5 Å². The third kappa shape index (κ3) is 7.15.